The molecule has 0 amide bonds. The van der Waals surface area contributed by atoms with Crippen LogP contribution >= 0.6 is 0 Å². The molecule has 0 spiro atoms. The van der Waals surface area contributed by atoms with Crippen molar-refractivity contribution in [3.05, 3.63) is 29.8 Å². The molecule has 3 nitrogen and oxygen atoms in total. The second-order valence-electron chi connectivity index (χ2n) is 6.50. The Morgan fingerprint density at radius 3 is 2.29 bits per heavy atom. The molecule has 0 aromatic heterocycles. The van der Waals surface area contributed by atoms with Crippen molar-refractivity contribution in [3.63, 3.8) is 0 Å². The highest BCUT2D eigenvalue weighted by molar-refractivity contribution is 5.29. The summed E-state index contributed by atoms with van der Waals surface area (Å²) in [6, 6.07) is 8.82. The van der Waals surface area contributed by atoms with Crippen molar-refractivity contribution in [2.75, 3.05) is 33.8 Å². The predicted octanol–water partition coefficient (Wildman–Crippen LogP) is 3.32. The Kier molecular flexibility index (Phi) is 6.07. The first-order valence-electron chi connectivity index (χ1n) is 8.17. The van der Waals surface area contributed by atoms with Gasteiger partial charge in [-0.1, -0.05) is 26.0 Å². The van der Waals surface area contributed by atoms with Gasteiger partial charge in [-0.25, -0.2) is 0 Å². The van der Waals surface area contributed by atoms with Gasteiger partial charge in [-0.05, 0) is 62.5 Å². The normalized spacial score (nSPS) is 18.9. The molecule has 118 valence electrons. The molecule has 0 saturated carbocycles. The van der Waals surface area contributed by atoms with Gasteiger partial charge in [0.05, 0.1) is 7.11 Å². The van der Waals surface area contributed by atoms with Crippen LogP contribution in [0.25, 0.3) is 0 Å². The van der Waals surface area contributed by atoms with Crippen LogP contribution < -0.4 is 10.1 Å². The number of ether oxygens (including phenoxy) is 1. The molecule has 1 aliphatic heterocycles. The summed E-state index contributed by atoms with van der Waals surface area (Å²) < 4.78 is 5.24. The number of benzene rings is 1. The van der Waals surface area contributed by atoms with Crippen LogP contribution in [0.3, 0.4) is 0 Å². The second-order valence-corrected chi connectivity index (χ2v) is 6.50. The fourth-order valence-corrected chi connectivity index (χ4v) is 3.26. The second kappa shape index (κ2) is 7.81. The average molecular weight is 290 g/mol. The van der Waals surface area contributed by atoms with Crippen LogP contribution in [-0.4, -0.2) is 38.7 Å². The molecular formula is C18H30N2O. The smallest absolute Gasteiger partial charge is 0.118 e. The zero-order valence-electron chi connectivity index (χ0n) is 13.9. The van der Waals surface area contributed by atoms with E-state index in [9.17, 15) is 0 Å². The van der Waals surface area contributed by atoms with Gasteiger partial charge < -0.3 is 15.0 Å². The number of likely N-dealkylation sites (N-methyl/N-ethyl adjacent to an activating group) is 1. The lowest BCUT2D eigenvalue weighted by Gasteiger charge is -2.35. The molecule has 1 aliphatic rings. The zero-order chi connectivity index (χ0) is 15.2. The predicted molar refractivity (Wildman–Crippen MR) is 88.8 cm³/mol. The summed E-state index contributed by atoms with van der Waals surface area (Å²) in [6.07, 6.45) is 2.69. The first-order valence-corrected chi connectivity index (χ1v) is 8.17. The summed E-state index contributed by atoms with van der Waals surface area (Å²) in [6.45, 7) is 8.27. The number of likely N-dealkylation sites (tertiary alicyclic amines) is 1. The van der Waals surface area contributed by atoms with Gasteiger partial charge in [0.1, 0.15) is 5.75 Å². The number of rotatable bonds is 6. The largest absolute Gasteiger partial charge is 0.497 e. The van der Waals surface area contributed by atoms with Crippen LogP contribution in [0.15, 0.2) is 24.3 Å². The summed E-state index contributed by atoms with van der Waals surface area (Å²) >= 11 is 0. The number of nitrogens with zero attached hydrogens (tertiary/aromatic N) is 1. The van der Waals surface area contributed by atoms with Crippen molar-refractivity contribution >= 4 is 0 Å². The minimum Gasteiger partial charge on any atom is -0.497 e. The quantitative estimate of drug-likeness (QED) is 0.870. The molecule has 2 rings (SSSR count). The van der Waals surface area contributed by atoms with Crippen molar-refractivity contribution in [1.29, 1.82) is 0 Å². The third-order valence-electron chi connectivity index (χ3n) is 4.88. The molecule has 0 radical (unpaired) electrons. The number of methoxy groups -OCH3 is 1. The van der Waals surface area contributed by atoms with Crippen LogP contribution in [0.2, 0.25) is 0 Å². The van der Waals surface area contributed by atoms with Crippen molar-refractivity contribution < 1.29 is 4.74 Å². The maximum Gasteiger partial charge on any atom is 0.118 e. The van der Waals surface area contributed by atoms with E-state index in [1.165, 1.54) is 31.5 Å². The molecule has 0 aliphatic carbocycles. The molecule has 1 unspecified atom stereocenters. The van der Waals surface area contributed by atoms with E-state index < -0.39 is 0 Å². The van der Waals surface area contributed by atoms with Crippen LogP contribution in [0.1, 0.15) is 38.3 Å². The monoisotopic (exact) mass is 290 g/mol. The van der Waals surface area contributed by atoms with E-state index in [0.717, 1.165) is 24.1 Å². The van der Waals surface area contributed by atoms with Crippen LogP contribution in [0, 0.1) is 11.8 Å². The van der Waals surface area contributed by atoms with Gasteiger partial charge in [-0.2, -0.15) is 0 Å². The summed E-state index contributed by atoms with van der Waals surface area (Å²) in [5.41, 5.74) is 1.34. The lowest BCUT2D eigenvalue weighted by Crippen LogP contribution is -2.40. The Hall–Kier alpha value is -1.06. The SMILES string of the molecule is CNC(CN1CCC(C(C)C)CC1)c1ccc(OC)cc1. The minimum absolute atomic E-state index is 0.395. The highest BCUT2D eigenvalue weighted by Gasteiger charge is 2.23. The topological polar surface area (TPSA) is 24.5 Å². The highest BCUT2D eigenvalue weighted by atomic mass is 16.5. The molecule has 1 N–H and O–H groups in total. The molecule has 1 aromatic rings. The maximum absolute atomic E-state index is 5.24. The Bertz CT molecular complexity index is 408. The van der Waals surface area contributed by atoms with Crippen molar-refractivity contribution in [3.8, 4) is 5.75 Å². The van der Waals surface area contributed by atoms with E-state index in [0.29, 0.717) is 6.04 Å². The number of hydrogen-bond donors (Lipinski definition) is 1. The van der Waals surface area contributed by atoms with Crippen LogP contribution in [0.5, 0.6) is 5.75 Å². The van der Waals surface area contributed by atoms with Crippen molar-refractivity contribution in [2.24, 2.45) is 11.8 Å². The van der Waals surface area contributed by atoms with E-state index >= 15 is 0 Å². The van der Waals surface area contributed by atoms with Crippen molar-refractivity contribution in [1.82, 2.24) is 10.2 Å². The molecule has 1 heterocycles. The van der Waals surface area contributed by atoms with Gasteiger partial charge in [-0.15, -0.1) is 0 Å². The average Bonchev–Trinajstić information content (AvgIpc) is 2.53. The van der Waals surface area contributed by atoms with Gasteiger partial charge in [-0.3, -0.25) is 0 Å². The number of nitrogens with one attached hydrogen (secondary N) is 1. The van der Waals surface area contributed by atoms with Crippen LogP contribution in [0.4, 0.5) is 0 Å². The standard InChI is InChI=1S/C18H30N2O/c1-14(2)15-9-11-20(12-10-15)13-18(19-3)16-5-7-17(21-4)8-6-16/h5-8,14-15,18-19H,9-13H2,1-4H3. The first kappa shape index (κ1) is 16.3. The van der Waals surface area contributed by atoms with E-state index in [1.807, 2.05) is 12.1 Å². The van der Waals surface area contributed by atoms with Gasteiger partial charge >= 0.3 is 0 Å². The summed E-state index contributed by atoms with van der Waals surface area (Å²) in [5.74, 6) is 2.66. The molecule has 1 saturated heterocycles. The molecule has 1 aromatic carbocycles. The van der Waals surface area contributed by atoms with E-state index in [2.05, 4.69) is 43.2 Å². The van der Waals surface area contributed by atoms with Crippen LogP contribution in [-0.2, 0) is 0 Å². The van der Waals surface area contributed by atoms with Gasteiger partial charge in [0.2, 0.25) is 0 Å². The fraction of sp³-hybridized carbons (Fsp3) is 0.667. The molecule has 1 atom stereocenters. The summed E-state index contributed by atoms with van der Waals surface area (Å²) in [7, 11) is 3.76. The Morgan fingerprint density at radius 2 is 1.81 bits per heavy atom. The van der Waals surface area contributed by atoms with Crippen molar-refractivity contribution in [2.45, 2.75) is 32.7 Å². The molecule has 3 heteroatoms. The lowest BCUT2D eigenvalue weighted by molar-refractivity contribution is 0.147. The third-order valence-corrected chi connectivity index (χ3v) is 4.88. The Labute approximate surface area is 129 Å². The van der Waals surface area contributed by atoms with E-state index in [1.54, 1.807) is 7.11 Å². The summed E-state index contributed by atoms with van der Waals surface area (Å²) in [5, 5.41) is 3.45. The number of hydrogen-bond acceptors (Lipinski definition) is 3. The number of piperidine rings is 1. The highest BCUT2D eigenvalue weighted by Crippen LogP contribution is 2.26. The maximum atomic E-state index is 5.24. The van der Waals surface area contributed by atoms with Gasteiger partial charge in [0.15, 0.2) is 0 Å². The zero-order valence-corrected chi connectivity index (χ0v) is 13.9. The van der Waals surface area contributed by atoms with Gasteiger partial charge in [0.25, 0.3) is 0 Å². The molecular weight excluding hydrogens is 260 g/mol. The lowest BCUT2D eigenvalue weighted by atomic mass is 9.86. The first-order chi connectivity index (χ1) is 10.1. The summed E-state index contributed by atoms with van der Waals surface area (Å²) in [4.78, 5) is 2.60. The van der Waals surface area contributed by atoms with E-state index in [4.69, 9.17) is 4.74 Å². The minimum atomic E-state index is 0.395. The fourth-order valence-electron chi connectivity index (χ4n) is 3.26. The Morgan fingerprint density at radius 1 is 1.19 bits per heavy atom. The van der Waals surface area contributed by atoms with E-state index in [-0.39, 0.29) is 0 Å². The molecule has 1 fully saturated rings. The molecule has 0 bridgehead atoms. The molecule has 21 heavy (non-hydrogen) atoms. The third kappa shape index (κ3) is 4.45. The Balaban J connectivity index is 1.90. The van der Waals surface area contributed by atoms with Gasteiger partial charge in [0, 0.05) is 12.6 Å².